The molecule has 4 nitrogen and oxygen atoms in total. The SMILES string of the molecule is COC[C@@]1(CN)[C@H](S(=O)(=O)c2ccc(Cl)cc2)[C@@H]1c1ccc(Br)cc1. The van der Waals surface area contributed by atoms with Gasteiger partial charge in [0, 0.05) is 34.5 Å². The van der Waals surface area contributed by atoms with Gasteiger partial charge in [0.05, 0.1) is 16.8 Å². The van der Waals surface area contributed by atoms with Crippen LogP contribution in [0.4, 0.5) is 0 Å². The van der Waals surface area contributed by atoms with Crippen molar-refractivity contribution in [2.75, 3.05) is 20.3 Å². The van der Waals surface area contributed by atoms with E-state index in [1.807, 2.05) is 24.3 Å². The molecule has 1 aliphatic carbocycles. The zero-order chi connectivity index (χ0) is 18.2. The van der Waals surface area contributed by atoms with E-state index in [2.05, 4.69) is 15.9 Å². The number of hydrogen-bond donors (Lipinski definition) is 1. The molecule has 2 aromatic rings. The van der Waals surface area contributed by atoms with Gasteiger partial charge >= 0.3 is 0 Å². The van der Waals surface area contributed by atoms with Crippen LogP contribution in [-0.2, 0) is 14.6 Å². The standard InChI is InChI=1S/C18H19BrClNO3S/c1-24-11-18(10-21)16(12-2-4-13(19)5-3-12)17(18)25(22,23)15-8-6-14(20)7-9-15/h2-9,16-17H,10-11,21H2,1H3/t16-,17+,18+/m0/s1. The Morgan fingerprint density at radius 3 is 2.28 bits per heavy atom. The quantitative estimate of drug-likeness (QED) is 0.738. The molecule has 3 atom stereocenters. The summed E-state index contributed by atoms with van der Waals surface area (Å²) in [5.74, 6) is -0.203. The fourth-order valence-electron chi connectivity index (χ4n) is 3.63. The van der Waals surface area contributed by atoms with E-state index in [-0.39, 0.29) is 17.4 Å². The average molecular weight is 445 g/mol. The van der Waals surface area contributed by atoms with Gasteiger partial charge in [0.25, 0.3) is 0 Å². The maximum Gasteiger partial charge on any atom is 0.182 e. The van der Waals surface area contributed by atoms with Crippen LogP contribution in [-0.4, -0.2) is 33.9 Å². The molecule has 0 saturated heterocycles. The third-order valence-corrected chi connectivity index (χ3v) is 8.00. The first kappa shape index (κ1) is 18.9. The molecular weight excluding hydrogens is 426 g/mol. The first-order valence-corrected chi connectivity index (χ1v) is 10.5. The summed E-state index contributed by atoms with van der Waals surface area (Å²) in [4.78, 5) is 0.260. The minimum Gasteiger partial charge on any atom is -0.384 e. The zero-order valence-corrected chi connectivity index (χ0v) is 16.8. The van der Waals surface area contributed by atoms with Crippen LogP contribution in [0.3, 0.4) is 0 Å². The van der Waals surface area contributed by atoms with Crippen LogP contribution in [0.5, 0.6) is 0 Å². The molecule has 0 aromatic heterocycles. The maximum atomic E-state index is 13.2. The summed E-state index contributed by atoms with van der Waals surface area (Å²) in [5, 5.41) is -0.117. The minimum absolute atomic E-state index is 0.203. The lowest BCUT2D eigenvalue weighted by atomic mass is 10.0. The lowest BCUT2D eigenvalue weighted by molar-refractivity contribution is 0.142. The number of nitrogens with two attached hydrogens (primary N) is 1. The number of sulfone groups is 1. The molecule has 0 heterocycles. The molecule has 1 saturated carbocycles. The van der Waals surface area contributed by atoms with Crippen LogP contribution in [0, 0.1) is 5.41 Å². The highest BCUT2D eigenvalue weighted by Crippen LogP contribution is 2.63. The van der Waals surface area contributed by atoms with Gasteiger partial charge < -0.3 is 10.5 Å². The fourth-order valence-corrected chi connectivity index (χ4v) is 6.47. The minimum atomic E-state index is -3.56. The van der Waals surface area contributed by atoms with Crippen molar-refractivity contribution in [1.82, 2.24) is 0 Å². The second kappa shape index (κ2) is 7.00. The van der Waals surface area contributed by atoms with Crippen LogP contribution in [0.2, 0.25) is 5.02 Å². The molecular formula is C18H19BrClNO3S. The van der Waals surface area contributed by atoms with Crippen molar-refractivity contribution in [1.29, 1.82) is 0 Å². The van der Waals surface area contributed by atoms with Gasteiger partial charge in [0.15, 0.2) is 9.84 Å². The van der Waals surface area contributed by atoms with Crippen LogP contribution in [0.25, 0.3) is 0 Å². The van der Waals surface area contributed by atoms with E-state index in [1.165, 1.54) is 0 Å². The second-order valence-electron chi connectivity index (χ2n) is 6.32. The Balaban J connectivity index is 2.05. The highest BCUT2D eigenvalue weighted by atomic mass is 79.9. The van der Waals surface area contributed by atoms with Gasteiger partial charge in [-0.2, -0.15) is 0 Å². The lowest BCUT2D eigenvalue weighted by Gasteiger charge is -2.15. The summed E-state index contributed by atoms with van der Waals surface area (Å²) >= 11 is 9.30. The Hall–Kier alpha value is -0.920. The third kappa shape index (κ3) is 3.26. The summed E-state index contributed by atoms with van der Waals surface area (Å²) < 4.78 is 32.8. The van der Waals surface area contributed by atoms with Crippen LogP contribution in [0.1, 0.15) is 11.5 Å². The van der Waals surface area contributed by atoms with E-state index in [9.17, 15) is 8.42 Å². The van der Waals surface area contributed by atoms with Crippen molar-refractivity contribution >= 4 is 37.4 Å². The molecule has 134 valence electrons. The molecule has 1 fully saturated rings. The van der Waals surface area contributed by atoms with E-state index in [0.29, 0.717) is 11.6 Å². The van der Waals surface area contributed by atoms with Gasteiger partial charge in [0.1, 0.15) is 0 Å². The largest absolute Gasteiger partial charge is 0.384 e. The number of ether oxygens (including phenoxy) is 1. The molecule has 0 unspecified atom stereocenters. The predicted molar refractivity (Wildman–Crippen MR) is 103 cm³/mol. The summed E-state index contributed by atoms with van der Waals surface area (Å²) in [7, 11) is -1.99. The van der Waals surface area contributed by atoms with Gasteiger partial charge in [-0.25, -0.2) is 8.42 Å². The van der Waals surface area contributed by atoms with E-state index < -0.39 is 20.5 Å². The Morgan fingerprint density at radius 1 is 1.16 bits per heavy atom. The van der Waals surface area contributed by atoms with E-state index in [0.717, 1.165) is 10.0 Å². The summed E-state index contributed by atoms with van der Waals surface area (Å²) in [5.41, 5.74) is 6.36. The van der Waals surface area contributed by atoms with Gasteiger partial charge in [0.2, 0.25) is 0 Å². The van der Waals surface area contributed by atoms with E-state index >= 15 is 0 Å². The Kier molecular flexibility index (Phi) is 5.28. The second-order valence-corrected chi connectivity index (χ2v) is 9.74. The van der Waals surface area contributed by atoms with Gasteiger partial charge in [-0.15, -0.1) is 0 Å². The Bertz CT molecular complexity index is 855. The van der Waals surface area contributed by atoms with Crippen LogP contribution >= 0.6 is 27.5 Å². The summed E-state index contributed by atoms with van der Waals surface area (Å²) in [6.07, 6.45) is 0. The Labute approximate surface area is 161 Å². The average Bonchev–Trinajstić information content (AvgIpc) is 3.26. The molecule has 1 aliphatic rings. The van der Waals surface area contributed by atoms with Crippen molar-refractivity contribution in [3.8, 4) is 0 Å². The van der Waals surface area contributed by atoms with Gasteiger partial charge in [-0.3, -0.25) is 0 Å². The molecule has 3 rings (SSSR count). The molecule has 0 bridgehead atoms. The van der Waals surface area contributed by atoms with Gasteiger partial charge in [-0.05, 0) is 42.0 Å². The predicted octanol–water partition coefficient (Wildman–Crippen LogP) is 3.63. The number of halogens is 2. The molecule has 7 heteroatoms. The zero-order valence-electron chi connectivity index (χ0n) is 13.7. The van der Waals surface area contributed by atoms with Crippen LogP contribution < -0.4 is 5.73 Å². The number of benzene rings is 2. The van der Waals surface area contributed by atoms with E-state index in [4.69, 9.17) is 22.1 Å². The highest BCUT2D eigenvalue weighted by molar-refractivity contribution is 9.10. The topological polar surface area (TPSA) is 69.4 Å². The molecule has 0 aliphatic heterocycles. The van der Waals surface area contributed by atoms with Crippen molar-refractivity contribution in [3.05, 3.63) is 63.6 Å². The van der Waals surface area contributed by atoms with Crippen LogP contribution in [0.15, 0.2) is 57.9 Å². The van der Waals surface area contributed by atoms with Gasteiger partial charge in [-0.1, -0.05) is 39.7 Å². The van der Waals surface area contributed by atoms with Crippen molar-refractivity contribution in [3.63, 3.8) is 0 Å². The molecule has 25 heavy (non-hydrogen) atoms. The monoisotopic (exact) mass is 443 g/mol. The molecule has 0 radical (unpaired) electrons. The van der Waals surface area contributed by atoms with E-state index in [1.54, 1.807) is 31.4 Å². The first-order chi connectivity index (χ1) is 11.9. The highest BCUT2D eigenvalue weighted by Gasteiger charge is 2.70. The number of rotatable bonds is 6. The smallest absolute Gasteiger partial charge is 0.182 e. The molecule has 2 N–H and O–H groups in total. The maximum absolute atomic E-state index is 13.2. The summed E-state index contributed by atoms with van der Waals surface area (Å²) in [6.45, 7) is 0.529. The number of methoxy groups -OCH3 is 1. The molecule has 0 amide bonds. The first-order valence-electron chi connectivity index (χ1n) is 7.81. The normalized spacial score (nSPS) is 25.8. The molecule has 2 aromatic carbocycles. The lowest BCUT2D eigenvalue weighted by Crippen LogP contribution is -2.28. The summed E-state index contributed by atoms with van der Waals surface area (Å²) in [6, 6.07) is 14.0. The van der Waals surface area contributed by atoms with Crippen molar-refractivity contribution in [2.45, 2.75) is 16.1 Å². The van der Waals surface area contributed by atoms with Crippen molar-refractivity contribution in [2.24, 2.45) is 11.1 Å². The Morgan fingerprint density at radius 2 is 1.76 bits per heavy atom. The third-order valence-electron chi connectivity index (χ3n) is 4.88. The fraction of sp³-hybridized carbons (Fsp3) is 0.333. The molecule has 0 spiro atoms. The number of hydrogen-bond acceptors (Lipinski definition) is 4. The van der Waals surface area contributed by atoms with Crippen molar-refractivity contribution < 1.29 is 13.2 Å².